The maximum Gasteiger partial charge on any atom is 0.328 e. The molecule has 0 aliphatic carbocycles. The van der Waals surface area contributed by atoms with Crippen molar-refractivity contribution in [2.75, 3.05) is 6.61 Å². The first-order chi connectivity index (χ1) is 9.65. The number of carbonyl (C=O) groups is 1. The van der Waals surface area contributed by atoms with Gasteiger partial charge in [-0.1, -0.05) is 23.7 Å². The number of carboxylic acid groups (broad SMARTS) is 1. The molecule has 0 aliphatic heterocycles. The fourth-order valence-electron chi connectivity index (χ4n) is 1.48. The van der Waals surface area contributed by atoms with Gasteiger partial charge in [0.05, 0.1) is 16.6 Å². The van der Waals surface area contributed by atoms with Crippen LogP contribution in [0.15, 0.2) is 36.5 Å². The molecular weight excluding hydrogens is 298 g/mol. The van der Waals surface area contributed by atoms with Crippen LogP contribution in [0, 0.1) is 0 Å². The minimum Gasteiger partial charge on any atom is -0.492 e. The molecule has 0 aliphatic rings. The second-order valence-corrected chi connectivity index (χ2v) is 5.41. The number of aliphatic carboxylic acids is 1. The summed E-state index contributed by atoms with van der Waals surface area (Å²) in [6, 6.07) is 7.29. The Bertz CT molecular complexity index is 624. The summed E-state index contributed by atoms with van der Waals surface area (Å²) < 4.78 is 5.57. The van der Waals surface area contributed by atoms with Crippen LogP contribution in [-0.2, 0) is 11.2 Å². The van der Waals surface area contributed by atoms with Crippen LogP contribution in [0.4, 0.5) is 0 Å². The average Bonchev–Trinajstić information content (AvgIpc) is 2.87. The molecule has 0 atom stereocenters. The van der Waals surface area contributed by atoms with Gasteiger partial charge in [0.25, 0.3) is 0 Å². The summed E-state index contributed by atoms with van der Waals surface area (Å²) in [5.74, 6) is -0.321. The van der Waals surface area contributed by atoms with E-state index in [2.05, 4.69) is 4.98 Å². The normalized spacial score (nSPS) is 10.8. The van der Waals surface area contributed by atoms with Crippen LogP contribution in [0.2, 0.25) is 5.02 Å². The molecule has 0 saturated heterocycles. The second kappa shape index (κ2) is 7.07. The maximum absolute atomic E-state index is 10.4. The molecule has 1 heterocycles. The summed E-state index contributed by atoms with van der Waals surface area (Å²) in [7, 11) is 0. The number of hydrogen-bond donors (Lipinski definition) is 1. The minimum absolute atomic E-state index is 0.472. The maximum atomic E-state index is 10.4. The van der Waals surface area contributed by atoms with Gasteiger partial charge < -0.3 is 9.84 Å². The van der Waals surface area contributed by atoms with Gasteiger partial charge in [-0.3, -0.25) is 0 Å². The number of nitrogens with zero attached hydrogens (tertiary/aromatic N) is 1. The number of thiazole rings is 1. The van der Waals surface area contributed by atoms with Crippen molar-refractivity contribution in [3.05, 3.63) is 51.4 Å². The van der Waals surface area contributed by atoms with E-state index in [1.807, 2.05) is 18.2 Å². The molecule has 0 unspecified atom stereocenters. The predicted molar refractivity (Wildman–Crippen MR) is 79.4 cm³/mol. The summed E-state index contributed by atoms with van der Waals surface area (Å²) in [6.07, 6.45) is 4.92. The monoisotopic (exact) mass is 309 g/mol. The molecule has 1 N–H and O–H groups in total. The Morgan fingerprint density at radius 1 is 1.45 bits per heavy atom. The molecule has 0 radical (unpaired) electrons. The van der Waals surface area contributed by atoms with E-state index in [4.69, 9.17) is 21.4 Å². The van der Waals surface area contributed by atoms with Crippen LogP contribution in [0.25, 0.3) is 6.08 Å². The number of benzene rings is 1. The largest absolute Gasteiger partial charge is 0.492 e. The van der Waals surface area contributed by atoms with E-state index in [0.29, 0.717) is 23.8 Å². The zero-order chi connectivity index (χ0) is 14.4. The molecule has 20 heavy (non-hydrogen) atoms. The summed E-state index contributed by atoms with van der Waals surface area (Å²) in [4.78, 5) is 15.4. The molecule has 104 valence electrons. The van der Waals surface area contributed by atoms with E-state index in [9.17, 15) is 4.79 Å². The van der Waals surface area contributed by atoms with E-state index >= 15 is 0 Å². The molecule has 4 nitrogen and oxygen atoms in total. The molecule has 1 aromatic heterocycles. The Morgan fingerprint density at radius 3 is 3.00 bits per heavy atom. The summed E-state index contributed by atoms with van der Waals surface area (Å²) >= 11 is 7.42. The van der Waals surface area contributed by atoms with Crippen molar-refractivity contribution >= 4 is 35.0 Å². The second-order valence-electron chi connectivity index (χ2n) is 3.86. The highest BCUT2D eigenvalue weighted by Crippen LogP contribution is 2.23. The van der Waals surface area contributed by atoms with Gasteiger partial charge >= 0.3 is 5.97 Å². The van der Waals surface area contributed by atoms with E-state index in [0.717, 1.165) is 16.0 Å². The molecule has 1 aromatic carbocycles. The van der Waals surface area contributed by atoms with Gasteiger partial charge in [-0.05, 0) is 18.2 Å². The van der Waals surface area contributed by atoms with Crippen molar-refractivity contribution in [3.63, 3.8) is 0 Å². The third kappa shape index (κ3) is 4.36. The van der Waals surface area contributed by atoms with Crippen LogP contribution < -0.4 is 4.74 Å². The van der Waals surface area contributed by atoms with Gasteiger partial charge in [0.2, 0.25) is 0 Å². The van der Waals surface area contributed by atoms with E-state index in [1.165, 1.54) is 17.4 Å². The van der Waals surface area contributed by atoms with Gasteiger partial charge in [-0.25, -0.2) is 9.78 Å². The molecule has 2 aromatic rings. The van der Waals surface area contributed by atoms with Gasteiger partial charge in [-0.15, -0.1) is 11.3 Å². The van der Waals surface area contributed by atoms with Crippen LogP contribution >= 0.6 is 22.9 Å². The number of hydrogen-bond acceptors (Lipinski definition) is 4. The highest BCUT2D eigenvalue weighted by Gasteiger charge is 2.03. The summed E-state index contributed by atoms with van der Waals surface area (Å²) in [5, 5.41) is 10.0. The Hall–Kier alpha value is -1.85. The van der Waals surface area contributed by atoms with Gasteiger partial charge in [-0.2, -0.15) is 0 Å². The Kier molecular flexibility index (Phi) is 5.15. The first kappa shape index (κ1) is 14.6. The fourth-order valence-corrected chi connectivity index (χ4v) is 2.48. The fraction of sp³-hybridized carbons (Fsp3) is 0.143. The van der Waals surface area contributed by atoms with E-state index in [1.54, 1.807) is 12.3 Å². The number of carboxylic acids is 1. The predicted octanol–water partition coefficient (Wildman–Crippen LogP) is 3.52. The smallest absolute Gasteiger partial charge is 0.328 e. The van der Waals surface area contributed by atoms with Crippen LogP contribution in [0.1, 0.15) is 9.88 Å². The molecule has 0 bridgehead atoms. The molecule has 0 fully saturated rings. The summed E-state index contributed by atoms with van der Waals surface area (Å²) in [5.41, 5.74) is 0. The van der Waals surface area contributed by atoms with Crippen molar-refractivity contribution < 1.29 is 14.6 Å². The van der Waals surface area contributed by atoms with Gasteiger partial charge in [0, 0.05) is 23.6 Å². The lowest BCUT2D eigenvalue weighted by atomic mass is 10.3. The lowest BCUT2D eigenvalue weighted by Crippen LogP contribution is -2.01. The Morgan fingerprint density at radius 2 is 2.25 bits per heavy atom. The van der Waals surface area contributed by atoms with Crippen molar-refractivity contribution in [2.24, 2.45) is 0 Å². The Balaban J connectivity index is 1.86. The SMILES string of the molecule is O=C(O)/C=C/c1cnc(CCOc2ccccc2Cl)s1. The zero-order valence-corrected chi connectivity index (χ0v) is 12.0. The lowest BCUT2D eigenvalue weighted by Gasteiger charge is -2.05. The van der Waals surface area contributed by atoms with Crippen molar-refractivity contribution in [3.8, 4) is 5.75 Å². The van der Waals surface area contributed by atoms with Crippen molar-refractivity contribution in [2.45, 2.75) is 6.42 Å². The van der Waals surface area contributed by atoms with Crippen LogP contribution in [0.5, 0.6) is 5.75 Å². The Labute approximate surface area is 125 Å². The van der Waals surface area contributed by atoms with Crippen molar-refractivity contribution in [1.29, 1.82) is 0 Å². The highest BCUT2D eigenvalue weighted by atomic mass is 35.5. The number of rotatable bonds is 6. The summed E-state index contributed by atoms with van der Waals surface area (Å²) in [6.45, 7) is 0.472. The number of ether oxygens (including phenoxy) is 1. The molecular formula is C14H12ClNO3S. The third-order valence-corrected chi connectivity index (χ3v) is 3.71. The van der Waals surface area contributed by atoms with Gasteiger partial charge in [0.15, 0.2) is 0 Å². The van der Waals surface area contributed by atoms with Crippen LogP contribution in [-0.4, -0.2) is 22.7 Å². The average molecular weight is 310 g/mol. The minimum atomic E-state index is -0.970. The molecule has 2 rings (SSSR count). The lowest BCUT2D eigenvalue weighted by molar-refractivity contribution is -0.131. The topological polar surface area (TPSA) is 59.4 Å². The quantitative estimate of drug-likeness (QED) is 0.829. The van der Waals surface area contributed by atoms with E-state index in [-0.39, 0.29) is 0 Å². The van der Waals surface area contributed by atoms with Gasteiger partial charge in [0.1, 0.15) is 5.75 Å². The number of aromatic nitrogens is 1. The first-order valence-electron chi connectivity index (χ1n) is 5.88. The number of halogens is 1. The van der Waals surface area contributed by atoms with Crippen LogP contribution in [0.3, 0.4) is 0 Å². The highest BCUT2D eigenvalue weighted by molar-refractivity contribution is 7.12. The standard InChI is InChI=1S/C14H12ClNO3S/c15-11-3-1-2-4-12(11)19-8-7-13-16-9-10(20-13)5-6-14(17)18/h1-6,9H,7-8H2,(H,17,18)/b6-5+. The molecule has 0 spiro atoms. The first-order valence-corrected chi connectivity index (χ1v) is 7.07. The third-order valence-electron chi connectivity index (χ3n) is 2.37. The number of para-hydroxylation sites is 1. The van der Waals surface area contributed by atoms with E-state index < -0.39 is 5.97 Å². The molecule has 6 heteroatoms. The van der Waals surface area contributed by atoms with Crippen molar-refractivity contribution in [1.82, 2.24) is 4.98 Å². The molecule has 0 amide bonds. The molecule has 0 saturated carbocycles. The zero-order valence-electron chi connectivity index (χ0n) is 10.5.